The quantitative estimate of drug-likeness (QED) is 0.517. The van der Waals surface area contributed by atoms with Crippen molar-refractivity contribution in [3.63, 3.8) is 0 Å². The number of rotatable bonds is 6. The van der Waals surface area contributed by atoms with Crippen molar-refractivity contribution < 1.29 is 15.3 Å². The third kappa shape index (κ3) is 5.62. The summed E-state index contributed by atoms with van der Waals surface area (Å²) in [7, 11) is 0. The minimum atomic E-state index is -0.565. The third-order valence-electron chi connectivity index (χ3n) is 7.64. The van der Waals surface area contributed by atoms with Crippen LogP contribution in [-0.2, 0) is 0 Å². The van der Waals surface area contributed by atoms with Crippen molar-refractivity contribution in [3.8, 4) is 0 Å². The van der Waals surface area contributed by atoms with Gasteiger partial charge in [0.15, 0.2) is 0 Å². The molecule has 3 aliphatic rings. The fourth-order valence-corrected chi connectivity index (χ4v) is 6.14. The van der Waals surface area contributed by atoms with Crippen LogP contribution in [0.4, 0.5) is 0 Å². The van der Waals surface area contributed by atoms with Crippen LogP contribution in [0.3, 0.4) is 0 Å². The normalized spacial score (nSPS) is 36.9. The Labute approximate surface area is 177 Å². The van der Waals surface area contributed by atoms with Crippen molar-refractivity contribution in [3.05, 3.63) is 34.9 Å². The predicted molar refractivity (Wildman–Crippen MR) is 119 cm³/mol. The summed E-state index contributed by atoms with van der Waals surface area (Å²) in [4.78, 5) is 0. The van der Waals surface area contributed by atoms with Crippen LogP contribution in [0.2, 0.25) is 0 Å². The molecule has 29 heavy (non-hydrogen) atoms. The maximum absolute atomic E-state index is 10.0. The van der Waals surface area contributed by atoms with Gasteiger partial charge in [0, 0.05) is 0 Å². The van der Waals surface area contributed by atoms with E-state index in [0.717, 1.165) is 25.7 Å². The smallest absolute Gasteiger partial charge is 0.0602 e. The van der Waals surface area contributed by atoms with Gasteiger partial charge in [-0.2, -0.15) is 0 Å². The van der Waals surface area contributed by atoms with Crippen LogP contribution in [0.25, 0.3) is 0 Å². The molecule has 3 heteroatoms. The Balaban J connectivity index is 1.67. The molecule has 3 N–H and O–H groups in total. The molecule has 0 aliphatic heterocycles. The fourth-order valence-electron chi connectivity index (χ4n) is 6.14. The highest BCUT2D eigenvalue weighted by atomic mass is 16.3. The highest BCUT2D eigenvalue weighted by Crippen LogP contribution is 2.57. The summed E-state index contributed by atoms with van der Waals surface area (Å²) >= 11 is 0. The molecular formula is C26H42O3. The van der Waals surface area contributed by atoms with Crippen molar-refractivity contribution in [2.24, 2.45) is 17.3 Å². The summed E-state index contributed by atoms with van der Waals surface area (Å²) in [5, 5.41) is 29.9. The van der Waals surface area contributed by atoms with Crippen molar-refractivity contribution >= 4 is 0 Å². The Bertz CT molecular complexity index is 654. The van der Waals surface area contributed by atoms with Crippen LogP contribution >= 0.6 is 0 Å². The van der Waals surface area contributed by atoms with E-state index in [0.29, 0.717) is 31.1 Å². The Hall–Kier alpha value is -0.900. The SMILES string of the molecule is CC(CCCC(C)(C)O)C1=CCC2/C(=C/C=C3/CC(O)C[C@H](O)C3)CCC[C@]12C. The lowest BCUT2D eigenvalue weighted by atomic mass is 9.62. The summed E-state index contributed by atoms with van der Waals surface area (Å²) in [6, 6.07) is 0. The molecule has 5 atom stereocenters. The summed E-state index contributed by atoms with van der Waals surface area (Å²) in [5.41, 5.74) is 4.07. The topological polar surface area (TPSA) is 60.7 Å². The van der Waals surface area contributed by atoms with E-state index in [1.807, 2.05) is 13.8 Å². The monoisotopic (exact) mass is 402 g/mol. The van der Waals surface area contributed by atoms with Crippen molar-refractivity contribution in [1.82, 2.24) is 0 Å². The first-order valence-electron chi connectivity index (χ1n) is 11.8. The van der Waals surface area contributed by atoms with E-state index in [4.69, 9.17) is 0 Å². The molecule has 0 spiro atoms. The molecule has 0 amide bonds. The molecule has 3 rings (SSSR count). The molecule has 3 nitrogen and oxygen atoms in total. The maximum atomic E-state index is 10.0. The molecule has 3 aliphatic carbocycles. The molecular weight excluding hydrogens is 360 g/mol. The second-order valence-electron chi connectivity index (χ2n) is 10.8. The van der Waals surface area contributed by atoms with Crippen LogP contribution in [0, 0.1) is 17.3 Å². The fraction of sp³-hybridized carbons (Fsp3) is 0.769. The number of aliphatic hydroxyl groups is 3. The lowest BCUT2D eigenvalue weighted by molar-refractivity contribution is 0.0608. The first-order chi connectivity index (χ1) is 13.6. The zero-order chi connectivity index (χ0) is 21.2. The number of allylic oxidation sites excluding steroid dienone is 5. The molecule has 0 aromatic carbocycles. The van der Waals surface area contributed by atoms with Gasteiger partial charge in [-0.1, -0.05) is 55.2 Å². The van der Waals surface area contributed by atoms with Crippen LogP contribution in [-0.4, -0.2) is 33.1 Å². The summed E-state index contributed by atoms with van der Waals surface area (Å²) < 4.78 is 0. The number of aliphatic hydroxyl groups excluding tert-OH is 2. The standard InChI is InChI=1S/C26H42O3/c1-18(7-5-13-25(2,3)29)23-11-12-24-20(8-6-14-26(23,24)4)10-9-19-15-21(27)17-22(28)16-19/h9-11,18,21-22,24,27-29H,5-8,12-17H2,1-4H3/b19-9-,20-10+/t18?,21?,22-,24?,26-/m1/s1. The zero-order valence-corrected chi connectivity index (χ0v) is 19.0. The molecule has 0 aromatic rings. The van der Waals surface area contributed by atoms with Crippen LogP contribution in [0.5, 0.6) is 0 Å². The van der Waals surface area contributed by atoms with Gasteiger partial charge in [0.1, 0.15) is 0 Å². The highest BCUT2D eigenvalue weighted by Gasteiger charge is 2.45. The van der Waals surface area contributed by atoms with E-state index < -0.39 is 17.8 Å². The molecule has 0 bridgehead atoms. The van der Waals surface area contributed by atoms with Crippen molar-refractivity contribution in [1.29, 1.82) is 0 Å². The Kier molecular flexibility index (Phi) is 7.13. The molecule has 2 saturated carbocycles. The van der Waals surface area contributed by atoms with Gasteiger partial charge >= 0.3 is 0 Å². The first-order valence-corrected chi connectivity index (χ1v) is 11.8. The van der Waals surface area contributed by atoms with Gasteiger partial charge < -0.3 is 15.3 Å². The highest BCUT2D eigenvalue weighted by molar-refractivity contribution is 5.34. The molecule has 164 valence electrons. The van der Waals surface area contributed by atoms with Crippen molar-refractivity contribution in [2.45, 2.75) is 110 Å². The lowest BCUT2D eigenvalue weighted by Gasteiger charge is -2.42. The number of hydrogen-bond donors (Lipinski definition) is 3. The van der Waals surface area contributed by atoms with Gasteiger partial charge in [0.2, 0.25) is 0 Å². The predicted octanol–water partition coefficient (Wildman–Crippen LogP) is 5.46. The second kappa shape index (κ2) is 9.08. The van der Waals surface area contributed by atoms with E-state index in [2.05, 4.69) is 32.1 Å². The van der Waals surface area contributed by atoms with Crippen LogP contribution in [0.15, 0.2) is 34.9 Å². The molecule has 0 heterocycles. The van der Waals surface area contributed by atoms with E-state index in [1.165, 1.54) is 24.8 Å². The summed E-state index contributed by atoms with van der Waals surface area (Å²) in [6.45, 7) is 8.65. The minimum Gasteiger partial charge on any atom is -0.393 e. The van der Waals surface area contributed by atoms with Gasteiger partial charge in [-0.15, -0.1) is 0 Å². The van der Waals surface area contributed by atoms with Gasteiger partial charge in [-0.05, 0) is 88.9 Å². The van der Waals surface area contributed by atoms with Gasteiger partial charge in [-0.3, -0.25) is 0 Å². The average Bonchev–Trinajstić information content (AvgIpc) is 2.95. The summed E-state index contributed by atoms with van der Waals surface area (Å²) in [5.74, 6) is 1.17. The lowest BCUT2D eigenvalue weighted by Crippen LogP contribution is -2.32. The average molecular weight is 403 g/mol. The second-order valence-corrected chi connectivity index (χ2v) is 10.8. The first kappa shape index (κ1) is 22.8. The molecule has 3 unspecified atom stereocenters. The summed E-state index contributed by atoms with van der Waals surface area (Å²) in [6.07, 6.45) is 16.0. The van der Waals surface area contributed by atoms with Crippen molar-refractivity contribution in [2.75, 3.05) is 0 Å². The minimum absolute atomic E-state index is 0.266. The Morgan fingerprint density at radius 2 is 1.90 bits per heavy atom. The van der Waals surface area contributed by atoms with Crippen LogP contribution < -0.4 is 0 Å². The van der Waals surface area contributed by atoms with E-state index in [1.54, 1.807) is 11.1 Å². The van der Waals surface area contributed by atoms with Crippen LogP contribution in [0.1, 0.15) is 91.9 Å². The number of fused-ring (bicyclic) bond motifs is 1. The largest absolute Gasteiger partial charge is 0.393 e. The Morgan fingerprint density at radius 1 is 1.21 bits per heavy atom. The molecule has 0 saturated heterocycles. The van der Waals surface area contributed by atoms with E-state index in [9.17, 15) is 15.3 Å². The maximum Gasteiger partial charge on any atom is 0.0602 e. The Morgan fingerprint density at radius 3 is 2.55 bits per heavy atom. The van der Waals surface area contributed by atoms with Gasteiger partial charge in [0.25, 0.3) is 0 Å². The van der Waals surface area contributed by atoms with E-state index in [-0.39, 0.29) is 5.41 Å². The van der Waals surface area contributed by atoms with E-state index >= 15 is 0 Å². The molecule has 0 radical (unpaired) electrons. The van der Waals surface area contributed by atoms with Gasteiger partial charge in [-0.25, -0.2) is 0 Å². The third-order valence-corrected chi connectivity index (χ3v) is 7.64. The van der Waals surface area contributed by atoms with Gasteiger partial charge in [0.05, 0.1) is 17.8 Å². The molecule has 0 aromatic heterocycles. The number of hydrogen-bond acceptors (Lipinski definition) is 3. The zero-order valence-electron chi connectivity index (χ0n) is 19.0. The molecule has 2 fully saturated rings.